The van der Waals surface area contributed by atoms with Crippen molar-refractivity contribution in [1.82, 2.24) is 4.72 Å². The molecule has 0 unspecified atom stereocenters. The molecule has 0 spiro atoms. The van der Waals surface area contributed by atoms with Crippen LogP contribution in [0.25, 0.3) is 0 Å². The molecule has 0 aliphatic rings. The van der Waals surface area contributed by atoms with Gasteiger partial charge < -0.3 is 10.6 Å². The minimum absolute atomic E-state index is 0.743. The van der Waals surface area contributed by atoms with Crippen molar-refractivity contribution in [3.8, 4) is 0 Å². The average molecular weight is 119 g/mol. The molecule has 0 heterocycles. The highest BCUT2D eigenvalue weighted by Gasteiger charge is 1.79. The maximum absolute atomic E-state index is 4.87. The molecule has 0 bridgehead atoms. The second-order valence-electron chi connectivity index (χ2n) is 1.02. The van der Waals surface area contributed by atoms with Crippen molar-refractivity contribution in [2.45, 2.75) is 6.92 Å². The molecule has 0 fully saturated rings. The molecule has 42 valence electrons. The topological polar surface area (TPSA) is 50.4 Å². The van der Waals surface area contributed by atoms with Gasteiger partial charge >= 0.3 is 0 Å². The van der Waals surface area contributed by atoms with E-state index in [0.717, 1.165) is 5.84 Å². The minimum atomic E-state index is 0.743. The number of nitrogens with one attached hydrogen (secondary N) is 1. The molecule has 0 radical (unpaired) electrons. The molecule has 0 aliphatic heterocycles. The second kappa shape index (κ2) is 3.80. The quantitative estimate of drug-likeness (QED) is 0.170. The van der Waals surface area contributed by atoms with Crippen molar-refractivity contribution in [3.63, 3.8) is 0 Å². The summed E-state index contributed by atoms with van der Waals surface area (Å²) in [6, 6.07) is 0. The fraction of sp³-hybridized carbons (Fsp3) is 0.667. The summed E-state index contributed by atoms with van der Waals surface area (Å²) in [5.41, 5.74) is 0. The summed E-state index contributed by atoms with van der Waals surface area (Å²) in [6.07, 6.45) is 1.91. The van der Waals surface area contributed by atoms with Crippen LogP contribution in [0.3, 0.4) is 0 Å². The number of nitrogens with zero attached hydrogens (tertiary/aromatic N) is 1. The molecule has 0 aromatic heterocycles. The first-order chi connectivity index (χ1) is 3.31. The molecule has 0 aromatic carbocycles. The molecule has 0 rings (SSSR count). The van der Waals surface area contributed by atoms with E-state index in [9.17, 15) is 0 Å². The third-order valence-electron chi connectivity index (χ3n) is 0.443. The molecule has 7 heavy (non-hydrogen) atoms. The molecule has 0 amide bonds. The summed E-state index contributed by atoms with van der Waals surface area (Å²) in [5.74, 6) is 5.61. The van der Waals surface area contributed by atoms with E-state index in [2.05, 4.69) is 9.82 Å². The third kappa shape index (κ3) is 3.45. The van der Waals surface area contributed by atoms with Gasteiger partial charge in [0, 0.05) is 6.26 Å². The summed E-state index contributed by atoms with van der Waals surface area (Å²) in [7, 11) is 0. The van der Waals surface area contributed by atoms with E-state index in [1.54, 1.807) is 6.92 Å². The first-order valence-corrected chi connectivity index (χ1v) is 3.07. The van der Waals surface area contributed by atoms with Crippen LogP contribution in [0.4, 0.5) is 0 Å². The van der Waals surface area contributed by atoms with Crippen LogP contribution in [0.2, 0.25) is 0 Å². The predicted octanol–water partition coefficient (Wildman–Crippen LogP) is 0.146. The Morgan fingerprint density at radius 1 is 1.86 bits per heavy atom. The van der Waals surface area contributed by atoms with Gasteiger partial charge in [-0.2, -0.15) is 5.10 Å². The molecule has 0 atom stereocenters. The van der Waals surface area contributed by atoms with Gasteiger partial charge in [-0.1, -0.05) is 11.9 Å². The first kappa shape index (κ1) is 6.62. The van der Waals surface area contributed by atoms with Gasteiger partial charge in [0.15, 0.2) is 0 Å². The molecular weight excluding hydrogens is 110 g/mol. The number of rotatable bonds is 1. The van der Waals surface area contributed by atoms with Crippen LogP contribution in [-0.2, 0) is 0 Å². The van der Waals surface area contributed by atoms with Crippen molar-refractivity contribution in [1.29, 1.82) is 0 Å². The van der Waals surface area contributed by atoms with Gasteiger partial charge in [-0.05, 0) is 6.92 Å². The number of hydrogen-bond donors (Lipinski definition) is 2. The van der Waals surface area contributed by atoms with E-state index in [0.29, 0.717) is 0 Å². The number of hydrogen-bond acceptors (Lipinski definition) is 3. The van der Waals surface area contributed by atoms with Crippen molar-refractivity contribution < 1.29 is 0 Å². The van der Waals surface area contributed by atoms with Gasteiger partial charge in [-0.25, -0.2) is 0 Å². The predicted molar refractivity (Wildman–Crippen MR) is 33.9 cm³/mol. The SMILES string of the molecule is CSN/C(C)=N\N. The van der Waals surface area contributed by atoms with Gasteiger partial charge in [-0.15, -0.1) is 0 Å². The van der Waals surface area contributed by atoms with Crippen molar-refractivity contribution in [3.05, 3.63) is 0 Å². The largest absolute Gasteiger partial charge is 0.322 e. The van der Waals surface area contributed by atoms with Gasteiger partial charge in [0.1, 0.15) is 5.84 Å². The molecule has 0 aliphatic carbocycles. The van der Waals surface area contributed by atoms with Crippen LogP contribution in [-0.4, -0.2) is 12.1 Å². The minimum Gasteiger partial charge on any atom is -0.322 e. The summed E-state index contributed by atoms with van der Waals surface area (Å²) in [5, 5.41) is 3.36. The lowest BCUT2D eigenvalue weighted by Crippen LogP contribution is -2.12. The summed E-state index contributed by atoms with van der Waals surface area (Å²) >= 11 is 1.47. The number of amidine groups is 1. The maximum Gasteiger partial charge on any atom is 0.128 e. The van der Waals surface area contributed by atoms with Gasteiger partial charge in [0.05, 0.1) is 0 Å². The Labute approximate surface area is 47.5 Å². The Kier molecular flexibility index (Phi) is 3.59. The highest BCUT2D eigenvalue weighted by Crippen LogP contribution is 1.79. The zero-order valence-corrected chi connectivity index (χ0v) is 5.25. The van der Waals surface area contributed by atoms with E-state index >= 15 is 0 Å². The normalized spacial score (nSPS) is 11.4. The average Bonchev–Trinajstić information content (AvgIpc) is 1.68. The van der Waals surface area contributed by atoms with Gasteiger partial charge in [0.25, 0.3) is 0 Å². The van der Waals surface area contributed by atoms with Gasteiger partial charge in [0.2, 0.25) is 0 Å². The van der Waals surface area contributed by atoms with Crippen LogP contribution < -0.4 is 10.6 Å². The first-order valence-electron chi connectivity index (χ1n) is 1.84. The molecule has 3 nitrogen and oxygen atoms in total. The summed E-state index contributed by atoms with van der Waals surface area (Å²) in [4.78, 5) is 0. The molecular formula is C3H9N3S. The third-order valence-corrected chi connectivity index (χ3v) is 0.943. The summed E-state index contributed by atoms with van der Waals surface area (Å²) in [6.45, 7) is 1.80. The Morgan fingerprint density at radius 2 is 2.43 bits per heavy atom. The highest BCUT2D eigenvalue weighted by molar-refractivity contribution is 7.97. The van der Waals surface area contributed by atoms with Crippen molar-refractivity contribution >= 4 is 17.8 Å². The van der Waals surface area contributed by atoms with Crippen molar-refractivity contribution in [2.75, 3.05) is 6.26 Å². The lowest BCUT2D eigenvalue weighted by Gasteiger charge is -1.94. The fourth-order valence-corrected chi connectivity index (χ4v) is 0.522. The van der Waals surface area contributed by atoms with E-state index in [-0.39, 0.29) is 0 Å². The van der Waals surface area contributed by atoms with Crippen LogP contribution in [0.5, 0.6) is 0 Å². The lowest BCUT2D eigenvalue weighted by atomic mass is 10.7. The molecule has 0 aromatic rings. The Bertz CT molecular complexity index is 70.6. The Balaban J connectivity index is 3.17. The maximum atomic E-state index is 4.87. The van der Waals surface area contributed by atoms with E-state index in [1.807, 2.05) is 6.26 Å². The zero-order valence-electron chi connectivity index (χ0n) is 4.43. The smallest absolute Gasteiger partial charge is 0.128 e. The Morgan fingerprint density at radius 3 is 2.57 bits per heavy atom. The monoisotopic (exact) mass is 119 g/mol. The van der Waals surface area contributed by atoms with E-state index in [4.69, 9.17) is 5.84 Å². The van der Waals surface area contributed by atoms with Crippen molar-refractivity contribution in [2.24, 2.45) is 10.9 Å². The number of hydrazone groups is 1. The molecule has 0 saturated carbocycles. The fourth-order valence-electron chi connectivity index (χ4n) is 0.174. The lowest BCUT2D eigenvalue weighted by molar-refractivity contribution is 1.20. The van der Waals surface area contributed by atoms with Crippen LogP contribution >= 0.6 is 11.9 Å². The van der Waals surface area contributed by atoms with Crippen LogP contribution in [0.15, 0.2) is 5.10 Å². The standard InChI is InChI=1S/C3H9N3S/c1-3(5-4)6-7-2/h4H2,1-2H3,(H,5,6). The second-order valence-corrected chi connectivity index (χ2v) is 1.63. The molecule has 4 heteroatoms. The highest BCUT2D eigenvalue weighted by atomic mass is 32.2. The van der Waals surface area contributed by atoms with E-state index < -0.39 is 0 Å². The number of nitrogens with two attached hydrogens (primary N) is 1. The van der Waals surface area contributed by atoms with Crippen LogP contribution in [0, 0.1) is 0 Å². The van der Waals surface area contributed by atoms with Gasteiger partial charge in [-0.3, -0.25) is 0 Å². The Hall–Kier alpha value is -0.380. The molecule has 0 saturated heterocycles. The van der Waals surface area contributed by atoms with E-state index in [1.165, 1.54) is 11.9 Å². The zero-order chi connectivity index (χ0) is 5.70. The summed E-state index contributed by atoms with van der Waals surface area (Å²) < 4.78 is 2.84. The van der Waals surface area contributed by atoms with Crippen LogP contribution in [0.1, 0.15) is 6.92 Å². The molecule has 3 N–H and O–H groups in total.